The molecule has 0 aliphatic rings. The minimum Gasteiger partial charge on any atom is -0.385 e. The summed E-state index contributed by atoms with van der Waals surface area (Å²) in [4.78, 5) is 20.3. The molecule has 1 amide bonds. The van der Waals surface area contributed by atoms with Gasteiger partial charge in [0.1, 0.15) is 17.9 Å². The molecular formula is C23H23N5O2. The number of nitriles is 1. The van der Waals surface area contributed by atoms with Crippen LogP contribution in [0, 0.1) is 11.3 Å². The van der Waals surface area contributed by atoms with E-state index in [-0.39, 0.29) is 12.3 Å². The first kappa shape index (κ1) is 21.1. The first-order valence-electron chi connectivity index (χ1n) is 9.68. The van der Waals surface area contributed by atoms with Crippen molar-refractivity contribution in [3.8, 4) is 6.07 Å². The summed E-state index contributed by atoms with van der Waals surface area (Å²) in [5.41, 5.74) is 3.36. The summed E-state index contributed by atoms with van der Waals surface area (Å²) in [6.45, 7) is 1.03. The van der Waals surface area contributed by atoms with E-state index in [2.05, 4.69) is 20.6 Å². The van der Waals surface area contributed by atoms with E-state index in [1.165, 1.54) is 0 Å². The van der Waals surface area contributed by atoms with E-state index in [0.717, 1.165) is 23.4 Å². The average molecular weight is 401 g/mol. The molecule has 7 heteroatoms. The fraction of sp³-hybridized carbons (Fsp3) is 0.217. The molecule has 7 nitrogen and oxygen atoms in total. The fourth-order valence-corrected chi connectivity index (χ4v) is 2.90. The second-order valence-corrected chi connectivity index (χ2v) is 6.77. The van der Waals surface area contributed by atoms with Crippen LogP contribution in [0.4, 0.5) is 5.69 Å². The lowest BCUT2D eigenvalue weighted by molar-refractivity contribution is -0.115. The summed E-state index contributed by atoms with van der Waals surface area (Å²) in [5, 5.41) is 25.1. The van der Waals surface area contributed by atoms with Gasteiger partial charge in [-0.3, -0.25) is 9.78 Å². The van der Waals surface area contributed by atoms with Crippen LogP contribution in [-0.2, 0) is 17.6 Å². The Labute approximate surface area is 175 Å². The van der Waals surface area contributed by atoms with E-state index in [4.69, 9.17) is 5.26 Å². The summed E-state index contributed by atoms with van der Waals surface area (Å²) in [6.07, 6.45) is 1.92. The number of aromatic nitrogens is 2. The lowest BCUT2D eigenvalue weighted by Crippen LogP contribution is -2.24. The van der Waals surface area contributed by atoms with E-state index in [1.54, 1.807) is 24.4 Å². The quantitative estimate of drug-likeness (QED) is 0.475. The van der Waals surface area contributed by atoms with E-state index >= 15 is 0 Å². The van der Waals surface area contributed by atoms with E-state index < -0.39 is 6.10 Å². The molecule has 30 heavy (non-hydrogen) atoms. The van der Waals surface area contributed by atoms with Crippen LogP contribution in [0.1, 0.15) is 28.7 Å². The van der Waals surface area contributed by atoms with Crippen molar-refractivity contribution in [1.82, 2.24) is 15.3 Å². The Morgan fingerprint density at radius 1 is 1.10 bits per heavy atom. The Hall–Kier alpha value is -3.60. The molecule has 1 atom stereocenters. The van der Waals surface area contributed by atoms with Crippen LogP contribution in [0.15, 0.2) is 66.9 Å². The topological polar surface area (TPSA) is 111 Å². The number of aliphatic hydroxyl groups excluding tert-OH is 1. The second kappa shape index (κ2) is 10.8. The molecule has 0 fully saturated rings. The highest BCUT2D eigenvalue weighted by atomic mass is 16.3. The largest absolute Gasteiger partial charge is 0.385 e. The van der Waals surface area contributed by atoms with Crippen molar-refractivity contribution in [2.45, 2.75) is 18.9 Å². The van der Waals surface area contributed by atoms with Gasteiger partial charge < -0.3 is 15.7 Å². The van der Waals surface area contributed by atoms with Crippen LogP contribution in [-0.4, -0.2) is 34.1 Å². The van der Waals surface area contributed by atoms with Gasteiger partial charge in [-0.2, -0.15) is 5.26 Å². The molecule has 0 spiro atoms. The van der Waals surface area contributed by atoms with Gasteiger partial charge in [-0.15, -0.1) is 0 Å². The van der Waals surface area contributed by atoms with Crippen LogP contribution in [0.3, 0.4) is 0 Å². The maximum atomic E-state index is 12.1. The number of hydrogen-bond acceptors (Lipinski definition) is 6. The molecule has 0 saturated heterocycles. The Balaban J connectivity index is 1.40. The van der Waals surface area contributed by atoms with Crippen LogP contribution in [0.2, 0.25) is 0 Å². The van der Waals surface area contributed by atoms with Crippen molar-refractivity contribution in [1.29, 1.82) is 5.26 Å². The zero-order valence-electron chi connectivity index (χ0n) is 16.5. The Kier molecular flexibility index (Phi) is 7.61. The maximum absolute atomic E-state index is 12.1. The van der Waals surface area contributed by atoms with Gasteiger partial charge in [-0.05, 0) is 54.9 Å². The molecule has 2 aromatic heterocycles. The second-order valence-electron chi connectivity index (χ2n) is 6.77. The number of carbonyl (C=O) groups excluding carboxylic acids is 1. The number of benzene rings is 1. The third kappa shape index (κ3) is 6.48. The number of rotatable bonds is 9. The number of carbonyl (C=O) groups is 1. The van der Waals surface area contributed by atoms with Crippen molar-refractivity contribution < 1.29 is 9.90 Å². The van der Waals surface area contributed by atoms with E-state index in [0.29, 0.717) is 24.5 Å². The van der Waals surface area contributed by atoms with Gasteiger partial charge in [-0.1, -0.05) is 24.3 Å². The highest BCUT2D eigenvalue weighted by molar-refractivity contribution is 5.91. The zero-order valence-corrected chi connectivity index (χ0v) is 16.5. The zero-order chi connectivity index (χ0) is 21.2. The van der Waals surface area contributed by atoms with Crippen LogP contribution >= 0.6 is 0 Å². The van der Waals surface area contributed by atoms with Crippen LogP contribution < -0.4 is 10.6 Å². The molecule has 1 aromatic carbocycles. The molecule has 3 rings (SSSR count). The lowest BCUT2D eigenvalue weighted by atomic mass is 10.1. The molecule has 0 aliphatic heterocycles. The van der Waals surface area contributed by atoms with E-state index in [9.17, 15) is 9.90 Å². The van der Waals surface area contributed by atoms with Crippen molar-refractivity contribution in [2.75, 3.05) is 18.4 Å². The molecule has 0 aliphatic carbocycles. The van der Waals surface area contributed by atoms with Crippen LogP contribution in [0.25, 0.3) is 0 Å². The number of amides is 1. The van der Waals surface area contributed by atoms with Gasteiger partial charge in [0.15, 0.2) is 0 Å². The van der Waals surface area contributed by atoms with Gasteiger partial charge >= 0.3 is 0 Å². The third-order valence-corrected chi connectivity index (χ3v) is 4.46. The van der Waals surface area contributed by atoms with Crippen molar-refractivity contribution in [3.05, 3.63) is 89.5 Å². The van der Waals surface area contributed by atoms with Gasteiger partial charge in [0.25, 0.3) is 0 Å². The average Bonchev–Trinajstić information content (AvgIpc) is 2.78. The Morgan fingerprint density at radius 3 is 2.67 bits per heavy atom. The van der Waals surface area contributed by atoms with Gasteiger partial charge in [0.05, 0.1) is 12.1 Å². The molecular weight excluding hydrogens is 378 g/mol. The standard InChI is InChI=1S/C23H23N5O2/c24-15-20-5-3-6-21(27-20)22(29)16-25-13-11-17-7-9-18(10-8-17)28-23(30)14-19-4-1-2-12-26-19/h1-10,12,22,25,29H,11,13-14,16H2,(H,28,30)/t22-/m1/s1. The summed E-state index contributed by atoms with van der Waals surface area (Å²) in [6, 6.07) is 20.2. The van der Waals surface area contributed by atoms with Gasteiger partial charge in [-0.25, -0.2) is 4.98 Å². The Morgan fingerprint density at radius 2 is 1.93 bits per heavy atom. The smallest absolute Gasteiger partial charge is 0.230 e. The SMILES string of the molecule is N#Cc1cccc([C@H](O)CNCCc2ccc(NC(=O)Cc3ccccn3)cc2)n1. The van der Waals surface area contributed by atoms with Crippen molar-refractivity contribution >= 4 is 11.6 Å². The highest BCUT2D eigenvalue weighted by Crippen LogP contribution is 2.12. The molecule has 2 heterocycles. The summed E-state index contributed by atoms with van der Waals surface area (Å²) in [5.74, 6) is -0.105. The highest BCUT2D eigenvalue weighted by Gasteiger charge is 2.09. The number of nitrogens with zero attached hydrogens (tertiary/aromatic N) is 3. The van der Waals surface area contributed by atoms with Crippen molar-refractivity contribution in [3.63, 3.8) is 0 Å². The summed E-state index contributed by atoms with van der Waals surface area (Å²) in [7, 11) is 0. The monoisotopic (exact) mass is 401 g/mol. The first-order valence-corrected chi connectivity index (χ1v) is 9.68. The molecule has 0 saturated carbocycles. The number of pyridine rings is 2. The summed E-state index contributed by atoms with van der Waals surface area (Å²) >= 11 is 0. The van der Waals surface area contributed by atoms with Crippen molar-refractivity contribution in [2.24, 2.45) is 0 Å². The minimum atomic E-state index is -0.769. The molecule has 3 N–H and O–H groups in total. The Bertz CT molecular complexity index is 1000. The first-order chi connectivity index (χ1) is 14.6. The lowest BCUT2D eigenvalue weighted by Gasteiger charge is -2.12. The molecule has 0 bridgehead atoms. The normalized spacial score (nSPS) is 11.5. The maximum Gasteiger partial charge on any atom is 0.230 e. The fourth-order valence-electron chi connectivity index (χ4n) is 2.90. The number of aliphatic hydroxyl groups is 1. The molecule has 0 radical (unpaired) electrons. The third-order valence-electron chi connectivity index (χ3n) is 4.46. The van der Waals surface area contributed by atoms with E-state index in [1.807, 2.05) is 48.5 Å². The minimum absolute atomic E-state index is 0.105. The van der Waals surface area contributed by atoms with Gasteiger partial charge in [0, 0.05) is 24.1 Å². The molecule has 152 valence electrons. The number of hydrogen-bond donors (Lipinski definition) is 3. The summed E-state index contributed by atoms with van der Waals surface area (Å²) < 4.78 is 0. The number of nitrogens with one attached hydrogen (secondary N) is 2. The van der Waals surface area contributed by atoms with Gasteiger partial charge in [0.2, 0.25) is 5.91 Å². The molecule has 0 unspecified atom stereocenters. The number of anilines is 1. The van der Waals surface area contributed by atoms with Crippen LogP contribution in [0.5, 0.6) is 0 Å². The predicted octanol–water partition coefficient (Wildman–Crippen LogP) is 2.40. The molecule has 3 aromatic rings. The predicted molar refractivity (Wildman–Crippen MR) is 113 cm³/mol.